The molecular weight excluding hydrogens is 426 g/mol. The highest BCUT2D eigenvalue weighted by atomic mass is 32.1. The summed E-state index contributed by atoms with van der Waals surface area (Å²) in [5.74, 6) is 1.28. The minimum absolute atomic E-state index is 0.187. The molecule has 0 fully saturated rings. The number of hydrogen-bond donors (Lipinski definition) is 3. The molecule has 2 amide bonds. The first-order chi connectivity index (χ1) is 15.3. The van der Waals surface area contributed by atoms with Crippen molar-refractivity contribution in [2.24, 2.45) is 0 Å². The number of phenols is 1. The van der Waals surface area contributed by atoms with Gasteiger partial charge in [0.05, 0.1) is 15.9 Å². The summed E-state index contributed by atoms with van der Waals surface area (Å²) in [7, 11) is 0. The van der Waals surface area contributed by atoms with Gasteiger partial charge in [0.25, 0.3) is 0 Å². The molecule has 0 bridgehead atoms. The SMILES string of the molecule is CC(C)(C)c1cc(NC(=O)Nc2ccc(-c3cn4c(n3)sc3ccc(O)cc34)cc2)no1. The second kappa shape index (κ2) is 7.38. The van der Waals surface area contributed by atoms with E-state index in [9.17, 15) is 9.90 Å². The van der Waals surface area contributed by atoms with Crippen LogP contribution >= 0.6 is 11.3 Å². The number of nitrogens with one attached hydrogen (secondary N) is 2. The second-order valence-electron chi connectivity index (χ2n) is 8.52. The Hall–Kier alpha value is -3.85. The van der Waals surface area contributed by atoms with Crippen molar-refractivity contribution in [2.75, 3.05) is 10.6 Å². The Morgan fingerprint density at radius 1 is 1.09 bits per heavy atom. The maximum atomic E-state index is 12.3. The molecule has 0 saturated heterocycles. The lowest BCUT2D eigenvalue weighted by Crippen LogP contribution is -2.19. The zero-order chi connectivity index (χ0) is 22.5. The number of imidazole rings is 1. The van der Waals surface area contributed by atoms with Crippen LogP contribution in [0.4, 0.5) is 16.3 Å². The lowest BCUT2D eigenvalue weighted by molar-refractivity contribution is 0.262. The van der Waals surface area contributed by atoms with E-state index >= 15 is 0 Å². The molecule has 3 heterocycles. The summed E-state index contributed by atoms with van der Waals surface area (Å²) < 4.78 is 8.31. The van der Waals surface area contributed by atoms with Crippen molar-refractivity contribution >= 4 is 44.1 Å². The number of aromatic hydroxyl groups is 1. The summed E-state index contributed by atoms with van der Waals surface area (Å²) in [5.41, 5.74) is 3.11. The highest BCUT2D eigenvalue weighted by Gasteiger charge is 2.20. The Bertz CT molecular complexity index is 1440. The van der Waals surface area contributed by atoms with Gasteiger partial charge in [0.2, 0.25) is 0 Å². The van der Waals surface area contributed by atoms with E-state index in [2.05, 4.69) is 15.8 Å². The van der Waals surface area contributed by atoms with Gasteiger partial charge in [-0.1, -0.05) is 49.4 Å². The number of thiazole rings is 1. The van der Waals surface area contributed by atoms with Crippen molar-refractivity contribution in [3.8, 4) is 17.0 Å². The van der Waals surface area contributed by atoms with Gasteiger partial charge in [0.1, 0.15) is 11.5 Å². The topological polar surface area (TPSA) is 105 Å². The van der Waals surface area contributed by atoms with Gasteiger partial charge in [0.15, 0.2) is 10.8 Å². The minimum atomic E-state index is -0.403. The fourth-order valence-electron chi connectivity index (χ4n) is 3.32. The molecular formula is C23H21N5O3S. The molecule has 2 aromatic carbocycles. The van der Waals surface area contributed by atoms with Crippen molar-refractivity contribution < 1.29 is 14.4 Å². The number of carbonyl (C=O) groups is 1. The van der Waals surface area contributed by atoms with Crippen molar-refractivity contribution in [2.45, 2.75) is 26.2 Å². The van der Waals surface area contributed by atoms with Gasteiger partial charge in [0, 0.05) is 35.0 Å². The predicted octanol–water partition coefficient (Wildman–Crippen LogP) is 5.85. The third kappa shape index (κ3) is 3.78. The van der Waals surface area contributed by atoms with Crippen LogP contribution in [0.2, 0.25) is 0 Å². The molecule has 5 aromatic rings. The maximum absolute atomic E-state index is 12.3. The molecule has 0 spiro atoms. The van der Waals surface area contributed by atoms with Gasteiger partial charge >= 0.3 is 6.03 Å². The first-order valence-corrected chi connectivity index (χ1v) is 10.8. The summed E-state index contributed by atoms with van der Waals surface area (Å²) in [4.78, 5) is 17.8. The Morgan fingerprint density at radius 2 is 1.88 bits per heavy atom. The van der Waals surface area contributed by atoms with Crippen molar-refractivity contribution in [3.05, 3.63) is 60.5 Å². The van der Waals surface area contributed by atoms with E-state index < -0.39 is 6.03 Å². The molecule has 0 atom stereocenters. The number of benzene rings is 2. The van der Waals surface area contributed by atoms with E-state index in [0.717, 1.165) is 26.4 Å². The van der Waals surface area contributed by atoms with Crippen LogP contribution in [0.25, 0.3) is 26.4 Å². The number of urea groups is 1. The number of hydrogen-bond acceptors (Lipinski definition) is 6. The highest BCUT2D eigenvalue weighted by Crippen LogP contribution is 2.31. The molecule has 0 saturated carbocycles. The van der Waals surface area contributed by atoms with Crippen LogP contribution in [0.5, 0.6) is 5.75 Å². The lowest BCUT2D eigenvalue weighted by atomic mass is 9.93. The minimum Gasteiger partial charge on any atom is -0.508 e. The van der Waals surface area contributed by atoms with Crippen molar-refractivity contribution in [1.82, 2.24) is 14.5 Å². The van der Waals surface area contributed by atoms with Crippen molar-refractivity contribution in [1.29, 1.82) is 0 Å². The van der Waals surface area contributed by atoms with Gasteiger partial charge in [-0.15, -0.1) is 0 Å². The molecule has 3 N–H and O–H groups in total. The quantitative estimate of drug-likeness (QED) is 0.322. The Labute approximate surface area is 187 Å². The van der Waals surface area contributed by atoms with Crippen LogP contribution < -0.4 is 10.6 Å². The number of anilines is 2. The summed E-state index contributed by atoms with van der Waals surface area (Å²) >= 11 is 1.56. The normalized spacial score (nSPS) is 11.8. The number of carbonyl (C=O) groups excluding carboxylic acids is 1. The van der Waals surface area contributed by atoms with Crippen LogP contribution in [0, 0.1) is 0 Å². The highest BCUT2D eigenvalue weighted by molar-refractivity contribution is 7.23. The van der Waals surface area contributed by atoms with E-state index in [1.807, 2.05) is 61.7 Å². The van der Waals surface area contributed by atoms with Crippen molar-refractivity contribution in [3.63, 3.8) is 0 Å². The number of aromatic nitrogens is 3. The Kier molecular flexibility index (Phi) is 4.63. The Morgan fingerprint density at radius 3 is 2.59 bits per heavy atom. The number of fused-ring (bicyclic) bond motifs is 3. The maximum Gasteiger partial charge on any atom is 0.324 e. The third-order valence-corrected chi connectivity index (χ3v) is 6.04. The molecule has 0 aliphatic carbocycles. The number of nitrogens with zero attached hydrogens (tertiary/aromatic N) is 3. The molecule has 5 rings (SSSR count). The second-order valence-corrected chi connectivity index (χ2v) is 9.52. The largest absolute Gasteiger partial charge is 0.508 e. The average Bonchev–Trinajstić information content (AvgIpc) is 3.43. The number of phenolic OH excluding ortho intramolecular Hbond substituents is 1. The van der Waals surface area contributed by atoms with Crippen LogP contribution in [0.1, 0.15) is 26.5 Å². The predicted molar refractivity (Wildman–Crippen MR) is 126 cm³/mol. The zero-order valence-corrected chi connectivity index (χ0v) is 18.5. The number of amides is 2. The zero-order valence-electron chi connectivity index (χ0n) is 17.7. The van der Waals surface area contributed by atoms with Crippen LogP contribution in [0.3, 0.4) is 0 Å². The molecule has 32 heavy (non-hydrogen) atoms. The molecule has 0 unspecified atom stereocenters. The van der Waals surface area contributed by atoms with Gasteiger partial charge in [-0.2, -0.15) is 0 Å². The van der Waals surface area contributed by atoms with Gasteiger partial charge in [-0.05, 0) is 24.3 Å². The van der Waals surface area contributed by atoms with Gasteiger partial charge in [-0.25, -0.2) is 9.78 Å². The molecule has 8 nitrogen and oxygen atoms in total. The molecule has 0 aliphatic rings. The van der Waals surface area contributed by atoms with Crippen LogP contribution in [-0.2, 0) is 5.41 Å². The molecule has 0 aliphatic heterocycles. The van der Waals surface area contributed by atoms with Gasteiger partial charge in [-0.3, -0.25) is 9.72 Å². The van der Waals surface area contributed by atoms with E-state index in [1.54, 1.807) is 29.5 Å². The lowest BCUT2D eigenvalue weighted by Gasteiger charge is -2.12. The summed E-state index contributed by atoms with van der Waals surface area (Å²) in [6.45, 7) is 6.03. The molecule has 162 valence electrons. The van der Waals surface area contributed by atoms with Gasteiger partial charge < -0.3 is 14.9 Å². The van der Waals surface area contributed by atoms with E-state index in [1.165, 1.54) is 0 Å². The van der Waals surface area contributed by atoms with E-state index in [0.29, 0.717) is 17.3 Å². The first-order valence-electron chi connectivity index (χ1n) is 10.0. The summed E-state index contributed by atoms with van der Waals surface area (Å²) in [6.07, 6.45) is 1.94. The fourth-order valence-corrected chi connectivity index (χ4v) is 4.30. The summed E-state index contributed by atoms with van der Waals surface area (Å²) in [6, 6.07) is 14.0. The van der Waals surface area contributed by atoms with Crippen LogP contribution in [-0.4, -0.2) is 25.7 Å². The van der Waals surface area contributed by atoms with Crippen LogP contribution in [0.15, 0.2) is 59.3 Å². The smallest absolute Gasteiger partial charge is 0.324 e. The fraction of sp³-hybridized carbons (Fsp3) is 0.174. The number of rotatable bonds is 3. The van der Waals surface area contributed by atoms with E-state index in [-0.39, 0.29) is 11.2 Å². The Balaban J connectivity index is 1.30. The summed E-state index contributed by atoms with van der Waals surface area (Å²) in [5, 5.41) is 19.1. The van der Waals surface area contributed by atoms with E-state index in [4.69, 9.17) is 9.51 Å². The average molecular weight is 448 g/mol. The molecule has 0 radical (unpaired) electrons. The standard InChI is InChI=1S/C23H21N5O3S/c1-23(2,3)19-11-20(27-31-19)26-21(30)24-14-6-4-13(5-7-14)16-12-28-17-10-15(29)8-9-18(17)32-22(28)25-16/h4-12,29H,1-3H3,(H2,24,26,27,30). The monoisotopic (exact) mass is 447 g/mol. The molecule has 9 heteroatoms. The third-order valence-electron chi connectivity index (χ3n) is 5.01. The first kappa shape index (κ1) is 20.1. The molecule has 3 aromatic heterocycles.